The topological polar surface area (TPSA) is 47.7 Å². The molecule has 4 nitrogen and oxygen atoms in total. The summed E-state index contributed by atoms with van der Waals surface area (Å²) < 4.78 is 10.8. The molecular weight excluding hydrogens is 252 g/mol. The van der Waals surface area contributed by atoms with E-state index in [9.17, 15) is 0 Å². The van der Waals surface area contributed by atoms with Crippen molar-refractivity contribution in [1.29, 1.82) is 0 Å². The fourth-order valence-electron chi connectivity index (χ4n) is 3.22. The van der Waals surface area contributed by atoms with Crippen LogP contribution in [0.4, 0.5) is 0 Å². The highest BCUT2D eigenvalue weighted by Gasteiger charge is 2.37. The van der Waals surface area contributed by atoms with Gasteiger partial charge in [0.05, 0.1) is 20.3 Å². The summed E-state index contributed by atoms with van der Waals surface area (Å²) in [4.78, 5) is 2.50. The first-order valence-corrected chi connectivity index (χ1v) is 7.22. The molecule has 1 atom stereocenters. The summed E-state index contributed by atoms with van der Waals surface area (Å²) in [6.45, 7) is 6.26. The molecule has 0 saturated carbocycles. The van der Waals surface area contributed by atoms with Gasteiger partial charge >= 0.3 is 0 Å². The maximum atomic E-state index is 6.07. The van der Waals surface area contributed by atoms with Crippen LogP contribution in [0.15, 0.2) is 18.2 Å². The zero-order valence-corrected chi connectivity index (χ0v) is 13.0. The summed E-state index contributed by atoms with van der Waals surface area (Å²) in [6, 6.07) is 6.17. The molecular formula is C16H26N2O2. The van der Waals surface area contributed by atoms with Crippen molar-refractivity contribution in [2.75, 3.05) is 27.3 Å². The molecule has 1 aromatic rings. The van der Waals surface area contributed by atoms with E-state index in [4.69, 9.17) is 15.2 Å². The fraction of sp³-hybridized carbons (Fsp3) is 0.625. The average molecular weight is 278 g/mol. The largest absolute Gasteiger partial charge is 0.497 e. The van der Waals surface area contributed by atoms with Crippen molar-refractivity contribution in [3.05, 3.63) is 23.8 Å². The lowest BCUT2D eigenvalue weighted by Gasteiger charge is -2.38. The van der Waals surface area contributed by atoms with Gasteiger partial charge in [-0.1, -0.05) is 6.07 Å². The quantitative estimate of drug-likeness (QED) is 0.899. The lowest BCUT2D eigenvalue weighted by molar-refractivity contribution is 0.117. The van der Waals surface area contributed by atoms with Crippen LogP contribution in [-0.4, -0.2) is 37.7 Å². The maximum Gasteiger partial charge on any atom is 0.127 e. The van der Waals surface area contributed by atoms with Gasteiger partial charge in [-0.25, -0.2) is 0 Å². The number of likely N-dealkylation sites (tertiary alicyclic amines) is 1. The van der Waals surface area contributed by atoms with Crippen LogP contribution in [0.1, 0.15) is 38.3 Å². The van der Waals surface area contributed by atoms with E-state index in [2.05, 4.69) is 24.8 Å². The number of hydrogen-bond acceptors (Lipinski definition) is 4. The Morgan fingerprint density at radius 3 is 2.55 bits per heavy atom. The van der Waals surface area contributed by atoms with E-state index >= 15 is 0 Å². The lowest BCUT2D eigenvalue weighted by atomic mass is 9.97. The first-order chi connectivity index (χ1) is 9.53. The number of nitrogens with zero attached hydrogens (tertiary/aromatic N) is 1. The number of ether oxygens (including phenoxy) is 2. The van der Waals surface area contributed by atoms with Gasteiger partial charge in [-0.2, -0.15) is 0 Å². The Balaban J connectivity index is 2.36. The summed E-state index contributed by atoms with van der Waals surface area (Å²) in [5.74, 6) is 1.66. The molecule has 1 saturated heterocycles. The normalized spacial score (nSPS) is 19.9. The molecule has 0 aliphatic carbocycles. The SMILES string of the molecule is COc1ccc(C(CN)N2CCCC2(C)C)c(OC)c1. The van der Waals surface area contributed by atoms with Gasteiger partial charge in [-0.15, -0.1) is 0 Å². The van der Waals surface area contributed by atoms with Crippen LogP contribution in [0, 0.1) is 0 Å². The van der Waals surface area contributed by atoms with Gasteiger partial charge in [0.1, 0.15) is 11.5 Å². The van der Waals surface area contributed by atoms with Crippen molar-refractivity contribution < 1.29 is 9.47 Å². The number of rotatable bonds is 5. The second-order valence-corrected chi connectivity index (χ2v) is 5.97. The molecule has 2 N–H and O–H groups in total. The summed E-state index contributed by atoms with van der Waals surface area (Å²) in [6.07, 6.45) is 2.43. The van der Waals surface area contributed by atoms with Crippen molar-refractivity contribution in [1.82, 2.24) is 4.90 Å². The van der Waals surface area contributed by atoms with Crippen LogP contribution >= 0.6 is 0 Å². The van der Waals surface area contributed by atoms with Crippen LogP contribution < -0.4 is 15.2 Å². The van der Waals surface area contributed by atoms with Crippen molar-refractivity contribution in [3.8, 4) is 11.5 Å². The highest BCUT2D eigenvalue weighted by atomic mass is 16.5. The fourth-order valence-corrected chi connectivity index (χ4v) is 3.22. The first-order valence-electron chi connectivity index (χ1n) is 7.22. The van der Waals surface area contributed by atoms with E-state index in [1.54, 1.807) is 14.2 Å². The molecule has 2 rings (SSSR count). The standard InChI is InChI=1S/C16H26N2O2/c1-16(2)8-5-9-18(16)14(11-17)13-7-6-12(19-3)10-15(13)20-4/h6-7,10,14H,5,8-9,11,17H2,1-4H3. The monoisotopic (exact) mass is 278 g/mol. The number of nitrogens with two attached hydrogens (primary N) is 1. The van der Waals surface area contributed by atoms with E-state index < -0.39 is 0 Å². The second-order valence-electron chi connectivity index (χ2n) is 5.97. The third-order valence-corrected chi connectivity index (χ3v) is 4.36. The predicted molar refractivity (Wildman–Crippen MR) is 81.4 cm³/mol. The molecule has 112 valence electrons. The number of hydrogen-bond donors (Lipinski definition) is 1. The van der Waals surface area contributed by atoms with Gasteiger partial charge in [0.25, 0.3) is 0 Å². The van der Waals surface area contributed by atoms with Gasteiger partial charge in [0.2, 0.25) is 0 Å². The van der Waals surface area contributed by atoms with Crippen LogP contribution in [0.5, 0.6) is 11.5 Å². The molecule has 1 aromatic carbocycles. The van der Waals surface area contributed by atoms with Crippen molar-refractivity contribution in [3.63, 3.8) is 0 Å². The molecule has 1 fully saturated rings. The first kappa shape index (κ1) is 15.1. The zero-order valence-electron chi connectivity index (χ0n) is 13.0. The molecule has 0 aromatic heterocycles. The van der Waals surface area contributed by atoms with Gasteiger partial charge in [-0.3, -0.25) is 4.90 Å². The smallest absolute Gasteiger partial charge is 0.127 e. The zero-order chi connectivity index (χ0) is 14.8. The maximum absolute atomic E-state index is 6.07. The lowest BCUT2D eigenvalue weighted by Crippen LogP contribution is -2.43. The highest BCUT2D eigenvalue weighted by Crippen LogP contribution is 2.39. The van der Waals surface area contributed by atoms with E-state index in [1.165, 1.54) is 12.8 Å². The molecule has 4 heteroatoms. The molecule has 0 radical (unpaired) electrons. The Hall–Kier alpha value is -1.26. The number of methoxy groups -OCH3 is 2. The molecule has 0 spiro atoms. The Bertz CT molecular complexity index is 460. The van der Waals surface area contributed by atoms with Crippen molar-refractivity contribution in [2.45, 2.75) is 38.3 Å². The van der Waals surface area contributed by atoms with Crippen molar-refractivity contribution in [2.24, 2.45) is 5.73 Å². The minimum atomic E-state index is 0.188. The summed E-state index contributed by atoms with van der Waals surface area (Å²) in [5.41, 5.74) is 7.41. The summed E-state index contributed by atoms with van der Waals surface area (Å²) in [5, 5.41) is 0. The third kappa shape index (κ3) is 2.76. The van der Waals surface area contributed by atoms with E-state index in [1.807, 2.05) is 12.1 Å². The Kier molecular flexibility index (Phi) is 4.55. The average Bonchev–Trinajstić information content (AvgIpc) is 2.80. The van der Waals surface area contributed by atoms with Crippen LogP contribution in [0.3, 0.4) is 0 Å². The minimum Gasteiger partial charge on any atom is -0.497 e. The van der Waals surface area contributed by atoms with E-state index in [-0.39, 0.29) is 11.6 Å². The molecule has 1 aliphatic heterocycles. The third-order valence-electron chi connectivity index (χ3n) is 4.36. The van der Waals surface area contributed by atoms with Crippen LogP contribution in [-0.2, 0) is 0 Å². The van der Waals surface area contributed by atoms with Crippen LogP contribution in [0.2, 0.25) is 0 Å². The minimum absolute atomic E-state index is 0.188. The van der Waals surface area contributed by atoms with Crippen LogP contribution in [0.25, 0.3) is 0 Å². The second kappa shape index (κ2) is 6.02. The van der Waals surface area contributed by atoms with E-state index in [0.717, 1.165) is 23.6 Å². The number of benzene rings is 1. The summed E-state index contributed by atoms with van der Waals surface area (Å²) >= 11 is 0. The molecule has 1 unspecified atom stereocenters. The van der Waals surface area contributed by atoms with Gasteiger partial charge in [0, 0.05) is 23.7 Å². The molecule has 1 heterocycles. The predicted octanol–water partition coefficient (Wildman–Crippen LogP) is 2.58. The van der Waals surface area contributed by atoms with Crippen molar-refractivity contribution >= 4 is 0 Å². The Morgan fingerprint density at radius 1 is 1.30 bits per heavy atom. The summed E-state index contributed by atoms with van der Waals surface area (Å²) in [7, 11) is 3.36. The van der Waals surface area contributed by atoms with Gasteiger partial charge in [0.15, 0.2) is 0 Å². The highest BCUT2D eigenvalue weighted by molar-refractivity contribution is 5.43. The Labute approximate surface area is 121 Å². The van der Waals surface area contributed by atoms with E-state index in [0.29, 0.717) is 6.54 Å². The van der Waals surface area contributed by atoms with Gasteiger partial charge < -0.3 is 15.2 Å². The molecule has 0 amide bonds. The molecule has 0 bridgehead atoms. The van der Waals surface area contributed by atoms with Gasteiger partial charge in [-0.05, 0) is 39.3 Å². The Morgan fingerprint density at radius 2 is 2.05 bits per heavy atom. The molecule has 1 aliphatic rings. The molecule has 20 heavy (non-hydrogen) atoms.